The van der Waals surface area contributed by atoms with E-state index < -0.39 is 0 Å². The summed E-state index contributed by atoms with van der Waals surface area (Å²) < 4.78 is 5.23. The molecule has 0 saturated carbocycles. The number of nitrogens with one attached hydrogen (secondary N) is 1. The van der Waals surface area contributed by atoms with Gasteiger partial charge >= 0.3 is 0 Å². The molecule has 0 spiro atoms. The fraction of sp³-hybridized carbons (Fsp3) is 0.167. The first-order valence-electron chi connectivity index (χ1n) is 5.07. The molecule has 0 aliphatic carbocycles. The van der Waals surface area contributed by atoms with Gasteiger partial charge < -0.3 is 15.5 Å². The molecule has 0 atom stereocenters. The normalized spacial score (nSPS) is 10.3. The molecule has 2 rings (SSSR count). The van der Waals surface area contributed by atoms with Crippen molar-refractivity contribution < 1.29 is 4.42 Å². The largest absolute Gasteiger partial charge is 0.469 e. The summed E-state index contributed by atoms with van der Waals surface area (Å²) in [6, 6.07) is 9.37. The Morgan fingerprint density at radius 1 is 1.25 bits per heavy atom. The monoisotopic (exact) mass is 236 g/mol. The average Bonchev–Trinajstić information content (AvgIpc) is 2.77. The minimum atomic E-state index is 0.572. The van der Waals surface area contributed by atoms with E-state index >= 15 is 0 Å². The van der Waals surface area contributed by atoms with Crippen molar-refractivity contribution in [3.05, 3.63) is 47.4 Å². The van der Waals surface area contributed by atoms with Crippen LogP contribution >= 0.6 is 11.6 Å². The van der Waals surface area contributed by atoms with Gasteiger partial charge in [-0.15, -0.1) is 0 Å². The molecule has 1 heterocycles. The maximum absolute atomic E-state index is 5.91. The Kier molecular flexibility index (Phi) is 3.37. The summed E-state index contributed by atoms with van der Waals surface area (Å²) in [4.78, 5) is 0. The second kappa shape index (κ2) is 4.94. The van der Waals surface area contributed by atoms with E-state index in [1.165, 1.54) is 0 Å². The van der Waals surface area contributed by atoms with Crippen LogP contribution in [-0.2, 0) is 6.42 Å². The van der Waals surface area contributed by atoms with Crippen LogP contribution in [0.1, 0.15) is 5.76 Å². The predicted molar refractivity (Wildman–Crippen MR) is 66.8 cm³/mol. The van der Waals surface area contributed by atoms with Gasteiger partial charge in [0.1, 0.15) is 5.76 Å². The third-order valence-corrected chi connectivity index (χ3v) is 2.65. The van der Waals surface area contributed by atoms with Gasteiger partial charge in [-0.05, 0) is 24.3 Å². The van der Waals surface area contributed by atoms with E-state index in [2.05, 4.69) is 5.32 Å². The molecule has 4 heteroatoms. The zero-order valence-electron chi connectivity index (χ0n) is 8.74. The van der Waals surface area contributed by atoms with E-state index in [0.29, 0.717) is 10.7 Å². The standard InChI is InChI=1S/C12H13ClN2O/c13-10-4-1-5-11(12(10)14)15-7-6-9-3-2-8-16-9/h1-5,8,15H,6-7,14H2. The number of hydrogen-bond acceptors (Lipinski definition) is 3. The van der Waals surface area contributed by atoms with Crippen LogP contribution in [0, 0.1) is 0 Å². The number of rotatable bonds is 4. The molecule has 0 aliphatic heterocycles. The first kappa shape index (κ1) is 10.9. The van der Waals surface area contributed by atoms with E-state index in [0.717, 1.165) is 24.4 Å². The fourth-order valence-corrected chi connectivity index (χ4v) is 1.64. The highest BCUT2D eigenvalue weighted by Crippen LogP contribution is 2.26. The number of hydrogen-bond donors (Lipinski definition) is 2. The Balaban J connectivity index is 1.92. The van der Waals surface area contributed by atoms with Crippen molar-refractivity contribution in [2.24, 2.45) is 0 Å². The molecule has 0 fully saturated rings. The van der Waals surface area contributed by atoms with E-state index in [4.69, 9.17) is 21.8 Å². The summed E-state index contributed by atoms with van der Waals surface area (Å²) in [7, 11) is 0. The smallest absolute Gasteiger partial charge is 0.105 e. The molecule has 3 nitrogen and oxygen atoms in total. The van der Waals surface area contributed by atoms with Crippen molar-refractivity contribution in [1.82, 2.24) is 0 Å². The van der Waals surface area contributed by atoms with Gasteiger partial charge in [-0.1, -0.05) is 17.7 Å². The highest BCUT2D eigenvalue weighted by molar-refractivity contribution is 6.33. The SMILES string of the molecule is Nc1c(Cl)cccc1NCCc1ccco1. The van der Waals surface area contributed by atoms with E-state index in [9.17, 15) is 0 Å². The Labute approximate surface area is 99.2 Å². The highest BCUT2D eigenvalue weighted by Gasteiger charge is 2.02. The molecule has 1 aromatic carbocycles. The molecule has 0 aliphatic rings. The van der Waals surface area contributed by atoms with Gasteiger partial charge in [-0.2, -0.15) is 0 Å². The van der Waals surface area contributed by atoms with Crippen LogP contribution in [0.2, 0.25) is 5.02 Å². The molecule has 2 aromatic rings. The van der Waals surface area contributed by atoms with Crippen molar-refractivity contribution >= 4 is 23.0 Å². The van der Waals surface area contributed by atoms with Crippen LogP contribution < -0.4 is 11.1 Å². The quantitative estimate of drug-likeness (QED) is 0.802. The fourth-order valence-electron chi connectivity index (χ4n) is 1.47. The third-order valence-electron chi connectivity index (χ3n) is 2.32. The molecule has 16 heavy (non-hydrogen) atoms. The van der Waals surface area contributed by atoms with Crippen molar-refractivity contribution in [2.75, 3.05) is 17.6 Å². The Morgan fingerprint density at radius 3 is 2.88 bits per heavy atom. The van der Waals surface area contributed by atoms with Crippen LogP contribution in [0.15, 0.2) is 41.0 Å². The van der Waals surface area contributed by atoms with Gasteiger partial charge in [-0.3, -0.25) is 0 Å². The average molecular weight is 237 g/mol. The van der Waals surface area contributed by atoms with Gasteiger partial charge in [-0.25, -0.2) is 0 Å². The van der Waals surface area contributed by atoms with Crippen LogP contribution in [-0.4, -0.2) is 6.54 Å². The van der Waals surface area contributed by atoms with E-state index in [1.54, 1.807) is 12.3 Å². The highest BCUT2D eigenvalue weighted by atomic mass is 35.5. The summed E-state index contributed by atoms with van der Waals surface area (Å²) in [5.74, 6) is 0.952. The molecule has 84 valence electrons. The summed E-state index contributed by atoms with van der Waals surface area (Å²) in [5.41, 5.74) is 7.27. The summed E-state index contributed by atoms with van der Waals surface area (Å²) in [5, 5.41) is 3.79. The summed E-state index contributed by atoms with van der Waals surface area (Å²) in [6.45, 7) is 0.762. The van der Waals surface area contributed by atoms with E-state index in [1.807, 2.05) is 24.3 Å². The zero-order valence-corrected chi connectivity index (χ0v) is 9.50. The van der Waals surface area contributed by atoms with Crippen LogP contribution in [0.5, 0.6) is 0 Å². The second-order valence-corrected chi connectivity index (χ2v) is 3.86. The molecule has 0 radical (unpaired) electrons. The number of para-hydroxylation sites is 1. The summed E-state index contributed by atoms with van der Waals surface area (Å²) in [6.07, 6.45) is 2.49. The molecular weight excluding hydrogens is 224 g/mol. The molecular formula is C12H13ClN2O. The number of benzene rings is 1. The molecule has 0 saturated heterocycles. The van der Waals surface area contributed by atoms with Crippen molar-refractivity contribution in [2.45, 2.75) is 6.42 Å². The zero-order chi connectivity index (χ0) is 11.4. The number of halogens is 1. The molecule has 0 bridgehead atoms. The maximum Gasteiger partial charge on any atom is 0.105 e. The minimum absolute atomic E-state index is 0.572. The maximum atomic E-state index is 5.91. The number of anilines is 2. The van der Waals surface area contributed by atoms with Crippen molar-refractivity contribution in [3.8, 4) is 0 Å². The molecule has 1 aromatic heterocycles. The van der Waals surface area contributed by atoms with E-state index in [-0.39, 0.29) is 0 Å². The number of nitrogens with two attached hydrogens (primary N) is 1. The lowest BCUT2D eigenvalue weighted by atomic mass is 10.2. The lowest BCUT2D eigenvalue weighted by Crippen LogP contribution is -2.06. The topological polar surface area (TPSA) is 51.2 Å². The molecule has 3 N–H and O–H groups in total. The van der Waals surface area contributed by atoms with Gasteiger partial charge in [0.25, 0.3) is 0 Å². The Bertz CT molecular complexity index is 454. The second-order valence-electron chi connectivity index (χ2n) is 3.46. The summed E-state index contributed by atoms with van der Waals surface area (Å²) >= 11 is 5.91. The predicted octanol–water partition coefficient (Wildman–Crippen LogP) is 3.17. The number of furan rings is 1. The minimum Gasteiger partial charge on any atom is -0.469 e. The van der Waals surface area contributed by atoms with Gasteiger partial charge in [0.05, 0.1) is 22.7 Å². The van der Waals surface area contributed by atoms with Crippen molar-refractivity contribution in [1.29, 1.82) is 0 Å². The Hall–Kier alpha value is -1.61. The first-order chi connectivity index (χ1) is 7.77. The van der Waals surface area contributed by atoms with Crippen LogP contribution in [0.3, 0.4) is 0 Å². The third kappa shape index (κ3) is 2.49. The van der Waals surface area contributed by atoms with Gasteiger partial charge in [0, 0.05) is 13.0 Å². The lowest BCUT2D eigenvalue weighted by Gasteiger charge is -2.09. The van der Waals surface area contributed by atoms with Crippen LogP contribution in [0.4, 0.5) is 11.4 Å². The van der Waals surface area contributed by atoms with Gasteiger partial charge in [0.2, 0.25) is 0 Å². The number of nitrogen functional groups attached to an aromatic ring is 1. The lowest BCUT2D eigenvalue weighted by molar-refractivity contribution is 0.513. The first-order valence-corrected chi connectivity index (χ1v) is 5.45. The molecule has 0 unspecified atom stereocenters. The molecule has 0 amide bonds. The van der Waals surface area contributed by atoms with Gasteiger partial charge in [0.15, 0.2) is 0 Å². The Morgan fingerprint density at radius 2 is 2.12 bits per heavy atom. The van der Waals surface area contributed by atoms with Crippen LogP contribution in [0.25, 0.3) is 0 Å². The van der Waals surface area contributed by atoms with Crippen molar-refractivity contribution in [3.63, 3.8) is 0 Å².